The zero-order valence-electron chi connectivity index (χ0n) is 24.5. The summed E-state index contributed by atoms with van der Waals surface area (Å²) in [6.07, 6.45) is 3.38. The Morgan fingerprint density at radius 1 is 1.00 bits per heavy atom. The first-order valence-corrected chi connectivity index (χ1v) is 14.1. The molecule has 0 aliphatic rings. The Bertz CT molecular complexity index is 1750. The normalized spacial score (nSPS) is 10.9. The molecule has 3 aromatic carbocycles. The Kier molecular flexibility index (Phi) is 8.80. The second-order valence-corrected chi connectivity index (χ2v) is 10.3. The predicted molar refractivity (Wildman–Crippen MR) is 171 cm³/mol. The van der Waals surface area contributed by atoms with E-state index in [-0.39, 0.29) is 11.8 Å². The second kappa shape index (κ2) is 13.0. The molecule has 5 aromatic rings. The van der Waals surface area contributed by atoms with E-state index in [0.29, 0.717) is 48.7 Å². The van der Waals surface area contributed by atoms with Gasteiger partial charge in [-0.25, -0.2) is 4.98 Å². The third-order valence-corrected chi connectivity index (χ3v) is 7.24. The lowest BCUT2D eigenvalue weighted by molar-refractivity contribution is -0.116. The third-order valence-electron chi connectivity index (χ3n) is 7.24. The van der Waals surface area contributed by atoms with E-state index in [4.69, 9.17) is 5.73 Å². The molecule has 220 valence electrons. The van der Waals surface area contributed by atoms with Crippen molar-refractivity contribution in [3.63, 3.8) is 0 Å². The lowest BCUT2D eigenvalue weighted by atomic mass is 10.2. The second-order valence-electron chi connectivity index (χ2n) is 10.3. The maximum atomic E-state index is 12.6. The summed E-state index contributed by atoms with van der Waals surface area (Å²) in [7, 11) is 3.89. The largest absolute Gasteiger partial charge is 0.397 e. The number of carbonyl (C=O) groups is 2. The van der Waals surface area contributed by atoms with Crippen LogP contribution in [0, 0.1) is 6.92 Å². The number of fused-ring (bicyclic) bond motifs is 1. The number of amides is 2. The summed E-state index contributed by atoms with van der Waals surface area (Å²) in [6, 6.07) is 22.3. The van der Waals surface area contributed by atoms with Crippen molar-refractivity contribution in [2.75, 3.05) is 34.9 Å². The van der Waals surface area contributed by atoms with Crippen molar-refractivity contribution >= 4 is 57.2 Å². The van der Waals surface area contributed by atoms with Crippen LogP contribution < -0.4 is 26.6 Å². The van der Waals surface area contributed by atoms with E-state index in [1.54, 1.807) is 30.5 Å². The number of nitrogens with one attached hydrogen (secondary N) is 3. The Morgan fingerprint density at radius 3 is 2.58 bits per heavy atom. The van der Waals surface area contributed by atoms with Crippen LogP contribution in [-0.2, 0) is 11.8 Å². The number of benzene rings is 3. The highest BCUT2D eigenvalue weighted by Gasteiger charge is 2.12. The van der Waals surface area contributed by atoms with Crippen LogP contribution >= 0.6 is 0 Å². The van der Waals surface area contributed by atoms with E-state index in [9.17, 15) is 9.59 Å². The monoisotopic (exact) mass is 577 g/mol. The minimum atomic E-state index is -0.173. The molecule has 5 N–H and O–H groups in total. The van der Waals surface area contributed by atoms with Crippen LogP contribution in [0.4, 0.5) is 34.5 Å². The molecule has 11 heteroatoms. The number of aryl methyl sites for hydroxylation is 2. The first-order chi connectivity index (χ1) is 20.8. The molecule has 0 bridgehead atoms. The number of hydrogen-bond acceptors (Lipinski definition) is 8. The van der Waals surface area contributed by atoms with Crippen molar-refractivity contribution in [3.05, 3.63) is 90.3 Å². The van der Waals surface area contributed by atoms with Gasteiger partial charge in [0.25, 0.3) is 5.91 Å². The quantitative estimate of drug-likeness (QED) is 0.122. The standard InChI is InChI=1S/C32H35N9O2/c1-21-25-16-15-24(20-28(25)39-41(21)3)40(2)29-17-19-35-32(38-29)36-23-13-11-22(12-14-23)31(43)34-18-7-6-10-30(42)37-27-9-5-4-8-26(27)33/h4-5,8-9,11-17,19-20H,6-7,10,18,33H2,1-3H3,(H,34,43)(H,37,42)(H,35,36,38). The van der Waals surface area contributed by atoms with E-state index in [1.165, 1.54) is 0 Å². The number of anilines is 6. The minimum Gasteiger partial charge on any atom is -0.397 e. The Labute approximate surface area is 250 Å². The molecule has 0 unspecified atom stereocenters. The van der Waals surface area contributed by atoms with Gasteiger partial charge in [-0.15, -0.1) is 0 Å². The highest BCUT2D eigenvalue weighted by atomic mass is 16.2. The van der Waals surface area contributed by atoms with Crippen molar-refractivity contribution in [2.24, 2.45) is 7.05 Å². The molecule has 0 saturated heterocycles. The lowest BCUT2D eigenvalue weighted by Gasteiger charge is -2.19. The maximum Gasteiger partial charge on any atom is 0.251 e. The summed E-state index contributed by atoms with van der Waals surface area (Å²) in [4.78, 5) is 35.7. The number of unbranched alkanes of at least 4 members (excludes halogenated alkanes) is 1. The van der Waals surface area contributed by atoms with Crippen molar-refractivity contribution < 1.29 is 9.59 Å². The Hall–Kier alpha value is -5.45. The fourth-order valence-corrected chi connectivity index (χ4v) is 4.63. The van der Waals surface area contributed by atoms with Gasteiger partial charge in [-0.2, -0.15) is 10.1 Å². The fraction of sp³-hybridized carbons (Fsp3) is 0.219. The molecule has 0 atom stereocenters. The van der Waals surface area contributed by atoms with E-state index < -0.39 is 0 Å². The van der Waals surface area contributed by atoms with Gasteiger partial charge in [0.05, 0.1) is 16.9 Å². The molecule has 2 amide bonds. The lowest BCUT2D eigenvalue weighted by Crippen LogP contribution is -2.24. The number of para-hydroxylation sites is 2. The average Bonchev–Trinajstić information content (AvgIpc) is 3.30. The van der Waals surface area contributed by atoms with E-state index in [1.807, 2.05) is 60.1 Å². The number of hydrogen-bond donors (Lipinski definition) is 4. The van der Waals surface area contributed by atoms with Gasteiger partial charge >= 0.3 is 0 Å². The summed E-state index contributed by atoms with van der Waals surface area (Å²) in [5.41, 5.74) is 11.3. The minimum absolute atomic E-state index is 0.102. The van der Waals surface area contributed by atoms with Crippen LogP contribution in [0.1, 0.15) is 35.3 Å². The number of nitrogen functional groups attached to an aromatic ring is 1. The molecule has 2 aromatic heterocycles. The van der Waals surface area contributed by atoms with Crippen LogP contribution in [0.15, 0.2) is 79.0 Å². The summed E-state index contributed by atoms with van der Waals surface area (Å²) >= 11 is 0. The van der Waals surface area contributed by atoms with Gasteiger partial charge in [0.2, 0.25) is 11.9 Å². The number of nitrogens with zero attached hydrogens (tertiary/aromatic N) is 5. The van der Waals surface area contributed by atoms with Crippen LogP contribution in [0.2, 0.25) is 0 Å². The van der Waals surface area contributed by atoms with E-state index in [0.717, 1.165) is 33.8 Å². The van der Waals surface area contributed by atoms with E-state index in [2.05, 4.69) is 50.1 Å². The number of carbonyl (C=O) groups excluding carboxylic acids is 2. The van der Waals surface area contributed by atoms with E-state index >= 15 is 0 Å². The van der Waals surface area contributed by atoms with Crippen molar-refractivity contribution in [1.29, 1.82) is 0 Å². The smallest absolute Gasteiger partial charge is 0.251 e. The zero-order valence-corrected chi connectivity index (χ0v) is 24.5. The number of rotatable bonds is 11. The molecular formula is C32H35N9O2. The summed E-state index contributed by atoms with van der Waals surface area (Å²) in [5.74, 6) is 0.889. The summed E-state index contributed by atoms with van der Waals surface area (Å²) in [6.45, 7) is 2.52. The molecule has 0 aliphatic carbocycles. The third kappa shape index (κ3) is 7.07. The Morgan fingerprint density at radius 2 is 1.79 bits per heavy atom. The van der Waals surface area contributed by atoms with Crippen molar-refractivity contribution in [2.45, 2.75) is 26.2 Å². The molecule has 0 saturated carbocycles. The first kappa shape index (κ1) is 29.1. The van der Waals surface area contributed by atoms with Gasteiger partial charge in [0, 0.05) is 61.3 Å². The first-order valence-electron chi connectivity index (χ1n) is 14.1. The highest BCUT2D eigenvalue weighted by molar-refractivity contribution is 5.95. The van der Waals surface area contributed by atoms with Crippen molar-refractivity contribution in [1.82, 2.24) is 25.1 Å². The van der Waals surface area contributed by atoms with Crippen LogP contribution in [0.3, 0.4) is 0 Å². The molecule has 0 fully saturated rings. The molecule has 11 nitrogen and oxygen atoms in total. The molecule has 2 heterocycles. The van der Waals surface area contributed by atoms with Crippen LogP contribution in [0.5, 0.6) is 0 Å². The molecule has 43 heavy (non-hydrogen) atoms. The molecular weight excluding hydrogens is 542 g/mol. The molecule has 0 aliphatic heterocycles. The van der Waals surface area contributed by atoms with Crippen LogP contribution in [0.25, 0.3) is 10.9 Å². The summed E-state index contributed by atoms with van der Waals surface area (Å²) < 4.78 is 1.88. The Balaban J connectivity index is 1.10. The SMILES string of the molecule is Cc1c2ccc(N(C)c3ccnc(Nc4ccc(C(=O)NCCCCC(=O)Nc5ccccc5N)cc4)n3)cc2nn1C. The predicted octanol–water partition coefficient (Wildman–Crippen LogP) is 5.30. The summed E-state index contributed by atoms with van der Waals surface area (Å²) in [5, 5.41) is 14.6. The van der Waals surface area contributed by atoms with Gasteiger partial charge in [0.15, 0.2) is 0 Å². The molecule has 0 spiro atoms. The fourth-order valence-electron chi connectivity index (χ4n) is 4.63. The van der Waals surface area contributed by atoms with Crippen molar-refractivity contribution in [3.8, 4) is 0 Å². The van der Waals surface area contributed by atoms with Gasteiger partial charge in [-0.1, -0.05) is 12.1 Å². The number of aromatic nitrogens is 4. The topological polar surface area (TPSA) is 143 Å². The van der Waals surface area contributed by atoms with Gasteiger partial charge in [-0.05, 0) is 80.4 Å². The molecule has 0 radical (unpaired) electrons. The van der Waals surface area contributed by atoms with Gasteiger partial charge < -0.3 is 26.6 Å². The maximum absolute atomic E-state index is 12.6. The molecule has 5 rings (SSSR count). The highest BCUT2D eigenvalue weighted by Crippen LogP contribution is 2.27. The average molecular weight is 578 g/mol. The number of nitrogens with two attached hydrogens (primary N) is 1. The van der Waals surface area contributed by atoms with Crippen LogP contribution in [-0.4, -0.2) is 45.2 Å². The zero-order chi connectivity index (χ0) is 30.3. The van der Waals surface area contributed by atoms with Gasteiger partial charge in [0.1, 0.15) is 5.82 Å². The van der Waals surface area contributed by atoms with Gasteiger partial charge in [-0.3, -0.25) is 14.3 Å².